The van der Waals surface area contributed by atoms with Gasteiger partial charge in [0.1, 0.15) is 0 Å². The van der Waals surface area contributed by atoms with E-state index >= 15 is 0 Å². The van der Waals surface area contributed by atoms with Crippen LogP contribution in [0.2, 0.25) is 0 Å². The van der Waals surface area contributed by atoms with E-state index < -0.39 is 0 Å². The molecule has 0 fully saturated rings. The van der Waals surface area contributed by atoms with Gasteiger partial charge in [-0.25, -0.2) is 0 Å². The Bertz CT molecular complexity index is 140. The maximum atomic E-state index is 5.18. The van der Waals surface area contributed by atoms with Crippen LogP contribution in [0.5, 0.6) is 0 Å². The number of anilines is 1. The van der Waals surface area contributed by atoms with Crippen LogP contribution in [0.3, 0.4) is 0 Å². The van der Waals surface area contributed by atoms with E-state index in [9.17, 15) is 0 Å². The van der Waals surface area contributed by atoms with Crippen LogP contribution in [-0.2, 0) is 0 Å². The van der Waals surface area contributed by atoms with Gasteiger partial charge < -0.3 is 10.2 Å². The van der Waals surface area contributed by atoms with E-state index in [4.69, 9.17) is 5.73 Å². The van der Waals surface area contributed by atoms with Gasteiger partial charge in [0, 0.05) is 11.6 Å². The quantitative estimate of drug-likeness (QED) is 0.522. The van der Waals surface area contributed by atoms with Crippen LogP contribution in [0.25, 0.3) is 0 Å². The number of nitrogen functional groups attached to an aromatic ring is 1. The molecule has 1 rings (SSSR count). The van der Waals surface area contributed by atoms with Crippen LogP contribution in [0.15, 0.2) is 10.5 Å². The fourth-order valence-electron chi connectivity index (χ4n) is 0.412. The Morgan fingerprint density at radius 2 is 2.57 bits per heavy atom. The van der Waals surface area contributed by atoms with E-state index in [0.29, 0.717) is 5.88 Å². The van der Waals surface area contributed by atoms with Crippen molar-refractivity contribution in [3.63, 3.8) is 0 Å². The number of rotatable bonds is 0. The SMILES string of the molecule is Cc1[c]oc(N)c1. The van der Waals surface area contributed by atoms with Crippen molar-refractivity contribution in [2.75, 3.05) is 5.73 Å². The maximum absolute atomic E-state index is 5.18. The number of hydrogen-bond acceptors (Lipinski definition) is 2. The monoisotopic (exact) mass is 96.0 g/mol. The largest absolute Gasteiger partial charge is 0.437 e. The van der Waals surface area contributed by atoms with Gasteiger partial charge in [-0.15, -0.1) is 0 Å². The normalized spacial score (nSPS) is 9.29. The maximum Gasteiger partial charge on any atom is 0.191 e. The van der Waals surface area contributed by atoms with Crippen LogP contribution < -0.4 is 5.73 Å². The Labute approximate surface area is 41.9 Å². The molecule has 2 heteroatoms. The van der Waals surface area contributed by atoms with E-state index in [1.165, 1.54) is 0 Å². The first-order valence-electron chi connectivity index (χ1n) is 2.02. The Hall–Kier alpha value is -0.920. The Morgan fingerprint density at radius 3 is 2.71 bits per heavy atom. The summed E-state index contributed by atoms with van der Waals surface area (Å²) in [4.78, 5) is 0. The van der Waals surface area contributed by atoms with Gasteiger partial charge >= 0.3 is 0 Å². The topological polar surface area (TPSA) is 39.2 Å². The minimum Gasteiger partial charge on any atom is -0.437 e. The standard InChI is InChI=1S/C5H6NO/c1-4-2-5(6)7-3-4/h2H,6H2,1H3. The second-order valence-electron chi connectivity index (χ2n) is 1.43. The number of furan rings is 1. The molecule has 0 atom stereocenters. The highest BCUT2D eigenvalue weighted by Gasteiger charge is 1.88. The predicted octanol–water partition coefficient (Wildman–Crippen LogP) is 0.970. The third-order valence-electron chi connectivity index (χ3n) is 0.689. The molecule has 7 heavy (non-hydrogen) atoms. The minimum absolute atomic E-state index is 0.428. The van der Waals surface area contributed by atoms with Crippen LogP contribution in [0.1, 0.15) is 5.56 Å². The van der Waals surface area contributed by atoms with Crippen molar-refractivity contribution in [2.24, 2.45) is 0 Å². The summed E-state index contributed by atoms with van der Waals surface area (Å²) in [6, 6.07) is 1.72. The first-order valence-corrected chi connectivity index (χ1v) is 2.02. The Balaban J connectivity index is 3.04. The summed E-state index contributed by atoms with van der Waals surface area (Å²) < 4.78 is 4.62. The molecule has 0 saturated heterocycles. The smallest absolute Gasteiger partial charge is 0.191 e. The lowest BCUT2D eigenvalue weighted by Crippen LogP contribution is -1.75. The molecule has 1 heterocycles. The van der Waals surface area contributed by atoms with Gasteiger partial charge in [-0.1, -0.05) is 0 Å². The minimum atomic E-state index is 0.428. The summed E-state index contributed by atoms with van der Waals surface area (Å²) in [5.74, 6) is 0.428. The number of nitrogens with two attached hydrogens (primary N) is 1. The first kappa shape index (κ1) is 4.24. The Morgan fingerprint density at radius 1 is 1.86 bits per heavy atom. The van der Waals surface area contributed by atoms with Crippen molar-refractivity contribution >= 4 is 5.88 Å². The molecule has 0 unspecified atom stereocenters. The average molecular weight is 96.1 g/mol. The molecule has 0 spiro atoms. The second kappa shape index (κ2) is 1.30. The number of aryl methyl sites for hydroxylation is 1. The molecular weight excluding hydrogens is 90.1 g/mol. The zero-order chi connectivity index (χ0) is 5.28. The van der Waals surface area contributed by atoms with Crippen LogP contribution >= 0.6 is 0 Å². The van der Waals surface area contributed by atoms with Gasteiger partial charge in [0.05, 0.1) is 0 Å². The van der Waals surface area contributed by atoms with Gasteiger partial charge in [-0.2, -0.15) is 0 Å². The lowest BCUT2D eigenvalue weighted by molar-refractivity contribution is 0.576. The van der Waals surface area contributed by atoms with Crippen molar-refractivity contribution in [3.05, 3.63) is 17.9 Å². The molecule has 2 N–H and O–H groups in total. The van der Waals surface area contributed by atoms with E-state index in [-0.39, 0.29) is 0 Å². The highest BCUT2D eigenvalue weighted by Crippen LogP contribution is 2.04. The molecule has 1 aromatic heterocycles. The number of hydrogen-bond donors (Lipinski definition) is 1. The highest BCUT2D eigenvalue weighted by molar-refractivity contribution is 5.26. The molecule has 0 saturated carbocycles. The van der Waals surface area contributed by atoms with Gasteiger partial charge in [-0.3, -0.25) is 0 Å². The van der Waals surface area contributed by atoms with Crippen LogP contribution in [-0.4, -0.2) is 0 Å². The average Bonchev–Trinajstić information content (AvgIpc) is 1.87. The van der Waals surface area contributed by atoms with Crippen LogP contribution in [0.4, 0.5) is 5.88 Å². The molecule has 2 nitrogen and oxygen atoms in total. The van der Waals surface area contributed by atoms with Gasteiger partial charge in [-0.05, 0) is 6.92 Å². The summed E-state index contributed by atoms with van der Waals surface area (Å²) in [5.41, 5.74) is 6.12. The van der Waals surface area contributed by atoms with Crippen LogP contribution in [0, 0.1) is 13.2 Å². The van der Waals surface area contributed by atoms with E-state index in [0.717, 1.165) is 5.56 Å². The Kier molecular flexibility index (Phi) is 0.785. The van der Waals surface area contributed by atoms with Crippen molar-refractivity contribution in [1.82, 2.24) is 0 Å². The summed E-state index contributed by atoms with van der Waals surface area (Å²) in [6.07, 6.45) is 2.57. The lowest BCUT2D eigenvalue weighted by atomic mass is 10.4. The first-order chi connectivity index (χ1) is 3.29. The predicted molar refractivity (Wildman–Crippen MR) is 26.7 cm³/mol. The summed E-state index contributed by atoms with van der Waals surface area (Å²) in [7, 11) is 0. The molecule has 0 aromatic carbocycles. The lowest BCUT2D eigenvalue weighted by Gasteiger charge is -1.70. The fraction of sp³-hybridized carbons (Fsp3) is 0.200. The molecular formula is C5H6NO. The van der Waals surface area contributed by atoms with Gasteiger partial charge in [0.25, 0.3) is 0 Å². The molecule has 37 valence electrons. The van der Waals surface area contributed by atoms with E-state index in [2.05, 4.69) is 10.7 Å². The van der Waals surface area contributed by atoms with E-state index in [1.807, 2.05) is 6.92 Å². The molecule has 0 aliphatic heterocycles. The molecule has 1 radical (unpaired) electrons. The molecule has 0 bridgehead atoms. The van der Waals surface area contributed by atoms with Crippen molar-refractivity contribution in [2.45, 2.75) is 6.92 Å². The van der Waals surface area contributed by atoms with Gasteiger partial charge in [0.2, 0.25) is 0 Å². The third-order valence-corrected chi connectivity index (χ3v) is 0.689. The van der Waals surface area contributed by atoms with Crippen molar-refractivity contribution in [3.8, 4) is 0 Å². The molecule has 1 aromatic rings. The van der Waals surface area contributed by atoms with Crippen molar-refractivity contribution in [1.29, 1.82) is 0 Å². The highest BCUT2D eigenvalue weighted by atomic mass is 16.3. The van der Waals surface area contributed by atoms with Gasteiger partial charge in [0.15, 0.2) is 12.1 Å². The van der Waals surface area contributed by atoms with Crippen molar-refractivity contribution < 1.29 is 4.42 Å². The molecule has 0 aliphatic rings. The second-order valence-corrected chi connectivity index (χ2v) is 1.43. The fourth-order valence-corrected chi connectivity index (χ4v) is 0.412. The summed E-state index contributed by atoms with van der Waals surface area (Å²) >= 11 is 0. The zero-order valence-electron chi connectivity index (χ0n) is 4.06. The zero-order valence-corrected chi connectivity index (χ0v) is 4.06. The third kappa shape index (κ3) is 0.738. The molecule has 0 aliphatic carbocycles. The molecule has 0 amide bonds. The summed E-state index contributed by atoms with van der Waals surface area (Å²) in [6.45, 7) is 1.87. The van der Waals surface area contributed by atoms with E-state index in [1.54, 1.807) is 6.07 Å². The summed E-state index contributed by atoms with van der Waals surface area (Å²) in [5, 5.41) is 0.